The Balaban J connectivity index is 1.98. The molecule has 1 N–H and O–H groups in total. The smallest absolute Gasteiger partial charge is 0.180 e. The van der Waals surface area contributed by atoms with Crippen molar-refractivity contribution in [1.29, 1.82) is 0 Å². The maximum atomic E-state index is 9.74. The van der Waals surface area contributed by atoms with Crippen LogP contribution in [-0.2, 0) is 6.42 Å². The first-order valence-corrected chi connectivity index (χ1v) is 8.39. The minimum absolute atomic E-state index is 0.0586. The molecule has 0 aliphatic carbocycles. The largest absolute Gasteiger partial charge is 0.508 e. The number of phenols is 1. The minimum atomic E-state index is 0.0586. The lowest BCUT2D eigenvalue weighted by molar-refractivity contribution is 0.473. The van der Waals surface area contributed by atoms with E-state index in [4.69, 9.17) is 4.98 Å². The molecule has 1 unspecified atom stereocenters. The van der Waals surface area contributed by atoms with E-state index in [9.17, 15) is 5.11 Å². The number of rotatable bonds is 5. The number of benzene rings is 1. The molecule has 1 aromatic carbocycles. The quantitative estimate of drug-likeness (QED) is 0.764. The highest BCUT2D eigenvalue weighted by Crippen LogP contribution is 2.27. The molecule has 5 heteroatoms. The summed E-state index contributed by atoms with van der Waals surface area (Å²) in [6.07, 6.45) is 2.57. The fourth-order valence-electron chi connectivity index (χ4n) is 2.66. The molecule has 25 heavy (non-hydrogen) atoms. The Kier molecular flexibility index (Phi) is 4.93. The molecular weight excluding hydrogens is 312 g/mol. The van der Waals surface area contributed by atoms with Crippen molar-refractivity contribution in [3.63, 3.8) is 0 Å². The molecule has 0 aliphatic rings. The van der Waals surface area contributed by atoms with Crippen molar-refractivity contribution >= 4 is 5.82 Å². The molecule has 0 amide bonds. The third-order valence-corrected chi connectivity index (χ3v) is 4.32. The molecule has 128 valence electrons. The summed E-state index contributed by atoms with van der Waals surface area (Å²) in [5.74, 6) is 1.73. The van der Waals surface area contributed by atoms with Gasteiger partial charge in [0.05, 0.1) is 6.04 Å². The number of phenolic OH excluding ortho intramolecular Hbond substituents is 1. The summed E-state index contributed by atoms with van der Waals surface area (Å²) in [6, 6.07) is 15.1. The van der Waals surface area contributed by atoms with Gasteiger partial charge in [0.2, 0.25) is 0 Å². The second-order valence-electron chi connectivity index (χ2n) is 5.99. The van der Waals surface area contributed by atoms with Crippen molar-refractivity contribution in [1.82, 2.24) is 15.0 Å². The van der Waals surface area contributed by atoms with E-state index < -0.39 is 0 Å². The van der Waals surface area contributed by atoms with Gasteiger partial charge in [0.25, 0.3) is 0 Å². The van der Waals surface area contributed by atoms with Gasteiger partial charge in [0, 0.05) is 25.0 Å². The second-order valence-corrected chi connectivity index (χ2v) is 5.99. The fraction of sp³-hybridized carbons (Fsp3) is 0.250. The summed E-state index contributed by atoms with van der Waals surface area (Å²) in [6.45, 7) is 4.16. The van der Waals surface area contributed by atoms with Gasteiger partial charge in [-0.05, 0) is 43.2 Å². The zero-order valence-corrected chi connectivity index (χ0v) is 14.7. The lowest BCUT2D eigenvalue weighted by atomic mass is 10.1. The number of aromatic nitrogens is 3. The van der Waals surface area contributed by atoms with Crippen molar-refractivity contribution in [3.05, 3.63) is 66.0 Å². The third-order valence-electron chi connectivity index (χ3n) is 4.32. The van der Waals surface area contributed by atoms with Gasteiger partial charge in [-0.1, -0.05) is 25.1 Å². The van der Waals surface area contributed by atoms with Crippen molar-refractivity contribution in [3.8, 4) is 17.3 Å². The molecule has 0 bridgehead atoms. The predicted molar refractivity (Wildman–Crippen MR) is 99.6 cm³/mol. The molecule has 3 aromatic rings. The number of anilines is 1. The SMILES string of the molecule is CCc1cc(N(C)C(C)c2cccc(O)c2)nc(-c2ccccn2)n1. The Hall–Kier alpha value is -2.95. The zero-order valence-electron chi connectivity index (χ0n) is 14.7. The number of pyridine rings is 1. The first kappa shape index (κ1) is 16.9. The van der Waals surface area contributed by atoms with Gasteiger partial charge in [-0.25, -0.2) is 9.97 Å². The highest BCUT2D eigenvalue weighted by atomic mass is 16.3. The Bertz CT molecular complexity index is 851. The number of aromatic hydroxyl groups is 1. The second kappa shape index (κ2) is 7.30. The van der Waals surface area contributed by atoms with Crippen molar-refractivity contribution in [2.24, 2.45) is 0 Å². The fourth-order valence-corrected chi connectivity index (χ4v) is 2.66. The molecule has 0 radical (unpaired) electrons. The van der Waals surface area contributed by atoms with E-state index in [1.807, 2.05) is 43.4 Å². The molecule has 0 spiro atoms. The zero-order chi connectivity index (χ0) is 17.8. The average Bonchev–Trinajstić information content (AvgIpc) is 2.67. The summed E-state index contributed by atoms with van der Waals surface area (Å²) in [5, 5.41) is 9.74. The lowest BCUT2D eigenvalue weighted by Gasteiger charge is -2.27. The number of aryl methyl sites for hydroxylation is 1. The minimum Gasteiger partial charge on any atom is -0.508 e. The molecule has 2 heterocycles. The molecular formula is C20H22N4O. The van der Waals surface area contributed by atoms with E-state index >= 15 is 0 Å². The molecule has 0 aliphatic heterocycles. The average molecular weight is 334 g/mol. The Morgan fingerprint density at radius 2 is 1.92 bits per heavy atom. The van der Waals surface area contributed by atoms with Crippen molar-refractivity contribution in [2.45, 2.75) is 26.3 Å². The number of hydrogen-bond acceptors (Lipinski definition) is 5. The molecule has 2 aromatic heterocycles. The summed E-state index contributed by atoms with van der Waals surface area (Å²) in [7, 11) is 2.00. The van der Waals surface area contributed by atoms with Crippen LogP contribution in [0.1, 0.15) is 31.1 Å². The first-order chi connectivity index (χ1) is 12.1. The van der Waals surface area contributed by atoms with E-state index in [0.29, 0.717) is 5.82 Å². The summed E-state index contributed by atoms with van der Waals surface area (Å²) in [4.78, 5) is 15.8. The molecule has 0 fully saturated rings. The number of hydrogen-bond donors (Lipinski definition) is 1. The predicted octanol–water partition coefficient (Wildman–Crippen LogP) is 4.00. The third kappa shape index (κ3) is 3.76. The highest BCUT2D eigenvalue weighted by molar-refractivity contribution is 5.54. The first-order valence-electron chi connectivity index (χ1n) is 8.39. The van der Waals surface area contributed by atoms with E-state index in [1.165, 1.54) is 0 Å². The van der Waals surface area contributed by atoms with Crippen LogP contribution >= 0.6 is 0 Å². The standard InChI is InChI=1S/C20H22N4O/c1-4-16-13-19(23-20(22-16)18-10-5-6-11-21-18)24(3)14(2)15-8-7-9-17(25)12-15/h5-14,25H,4H2,1-3H3. The van der Waals surface area contributed by atoms with E-state index in [2.05, 4.69) is 28.7 Å². The maximum Gasteiger partial charge on any atom is 0.180 e. The van der Waals surface area contributed by atoms with Crippen LogP contribution in [0.5, 0.6) is 5.75 Å². The van der Waals surface area contributed by atoms with Gasteiger partial charge < -0.3 is 10.0 Å². The van der Waals surface area contributed by atoms with Gasteiger partial charge >= 0.3 is 0 Å². The van der Waals surface area contributed by atoms with E-state index in [1.54, 1.807) is 18.3 Å². The molecule has 1 atom stereocenters. The van der Waals surface area contributed by atoms with Crippen LogP contribution in [0.15, 0.2) is 54.7 Å². The van der Waals surface area contributed by atoms with Crippen LogP contribution in [0.25, 0.3) is 11.5 Å². The summed E-state index contributed by atoms with van der Waals surface area (Å²) < 4.78 is 0. The van der Waals surface area contributed by atoms with Crippen LogP contribution in [0.4, 0.5) is 5.82 Å². The van der Waals surface area contributed by atoms with Gasteiger partial charge in [-0.15, -0.1) is 0 Å². The highest BCUT2D eigenvalue weighted by Gasteiger charge is 2.16. The van der Waals surface area contributed by atoms with Gasteiger partial charge in [0.1, 0.15) is 17.3 Å². The van der Waals surface area contributed by atoms with Crippen molar-refractivity contribution < 1.29 is 5.11 Å². The normalized spacial score (nSPS) is 12.0. The monoisotopic (exact) mass is 334 g/mol. The summed E-state index contributed by atoms with van der Waals surface area (Å²) >= 11 is 0. The molecule has 0 saturated carbocycles. The van der Waals surface area contributed by atoms with Crippen LogP contribution in [0.3, 0.4) is 0 Å². The van der Waals surface area contributed by atoms with E-state index in [-0.39, 0.29) is 11.8 Å². The molecule has 0 saturated heterocycles. The van der Waals surface area contributed by atoms with Crippen LogP contribution in [0.2, 0.25) is 0 Å². The Morgan fingerprint density at radius 1 is 1.08 bits per heavy atom. The Morgan fingerprint density at radius 3 is 2.60 bits per heavy atom. The molecule has 3 rings (SSSR count). The lowest BCUT2D eigenvalue weighted by Crippen LogP contribution is -2.23. The number of nitrogens with zero attached hydrogens (tertiary/aromatic N) is 4. The van der Waals surface area contributed by atoms with Crippen LogP contribution in [-0.4, -0.2) is 27.1 Å². The topological polar surface area (TPSA) is 62.1 Å². The Labute approximate surface area is 148 Å². The van der Waals surface area contributed by atoms with Crippen LogP contribution in [0, 0.1) is 0 Å². The van der Waals surface area contributed by atoms with Crippen LogP contribution < -0.4 is 4.90 Å². The van der Waals surface area contributed by atoms with Crippen molar-refractivity contribution in [2.75, 3.05) is 11.9 Å². The van der Waals surface area contributed by atoms with Gasteiger partial charge in [-0.2, -0.15) is 0 Å². The summed E-state index contributed by atoms with van der Waals surface area (Å²) in [5.41, 5.74) is 2.76. The van der Waals surface area contributed by atoms with E-state index in [0.717, 1.165) is 29.2 Å². The molecule has 5 nitrogen and oxygen atoms in total. The van der Waals surface area contributed by atoms with Gasteiger partial charge in [0.15, 0.2) is 5.82 Å². The van der Waals surface area contributed by atoms with Gasteiger partial charge in [-0.3, -0.25) is 4.98 Å². The maximum absolute atomic E-state index is 9.74.